The maximum absolute atomic E-state index is 4.91. The minimum atomic E-state index is 1.10. The topological polar surface area (TPSA) is 25.8 Å². The van der Waals surface area contributed by atoms with Crippen LogP contribution in [0.3, 0.4) is 0 Å². The predicted molar refractivity (Wildman–Crippen MR) is 173 cm³/mol. The molecule has 0 saturated heterocycles. The monoisotopic (exact) mass is 546 g/mol. The standard InChI is InChI=1S/C35H34N2S2/c1-24-16-18-32-28(22-24)34(26-12-6-8-14-30(26)36-32)38-20-10-4-3-5-11-21-39-35-27-13-7-9-15-31(27)37-33-19-17-25(2)23-29(33)35/h6-9,12-19,22-23H,3-5,10-11,20-21H2,1-2H3. The summed E-state index contributed by atoms with van der Waals surface area (Å²) in [6, 6.07) is 30.4. The van der Waals surface area contributed by atoms with Crippen LogP contribution in [0.1, 0.15) is 43.2 Å². The molecule has 6 rings (SSSR count). The summed E-state index contributed by atoms with van der Waals surface area (Å²) >= 11 is 4.01. The molecule has 0 bridgehead atoms. The fraction of sp³-hybridized carbons (Fsp3) is 0.257. The maximum atomic E-state index is 4.91. The molecule has 0 aliphatic carbocycles. The zero-order valence-electron chi connectivity index (χ0n) is 22.7. The molecule has 0 aliphatic rings. The number of fused-ring (bicyclic) bond motifs is 4. The van der Waals surface area contributed by atoms with Gasteiger partial charge in [-0.15, -0.1) is 23.5 Å². The van der Waals surface area contributed by atoms with Crippen molar-refractivity contribution in [1.29, 1.82) is 0 Å². The Hall–Kier alpha value is -3.08. The van der Waals surface area contributed by atoms with Gasteiger partial charge in [0.25, 0.3) is 0 Å². The van der Waals surface area contributed by atoms with E-state index in [9.17, 15) is 0 Å². The molecule has 0 aliphatic heterocycles. The molecule has 0 spiro atoms. The van der Waals surface area contributed by atoms with Crippen LogP contribution < -0.4 is 0 Å². The van der Waals surface area contributed by atoms with Gasteiger partial charge in [0, 0.05) is 31.3 Å². The number of aryl methyl sites for hydroxylation is 2. The zero-order valence-corrected chi connectivity index (χ0v) is 24.4. The van der Waals surface area contributed by atoms with Crippen LogP contribution in [-0.4, -0.2) is 21.5 Å². The average Bonchev–Trinajstić information content (AvgIpc) is 2.95. The highest BCUT2D eigenvalue weighted by molar-refractivity contribution is 8.00. The molecule has 2 aromatic heterocycles. The van der Waals surface area contributed by atoms with Crippen molar-refractivity contribution in [3.05, 3.63) is 96.1 Å². The van der Waals surface area contributed by atoms with E-state index >= 15 is 0 Å². The smallest absolute Gasteiger partial charge is 0.0721 e. The molecule has 0 unspecified atom stereocenters. The number of hydrogen-bond acceptors (Lipinski definition) is 4. The predicted octanol–water partition coefficient (Wildman–Crippen LogP) is 10.5. The molecule has 6 aromatic rings. The van der Waals surface area contributed by atoms with Crippen LogP contribution in [0, 0.1) is 13.8 Å². The van der Waals surface area contributed by atoms with Crippen LogP contribution in [0.4, 0.5) is 0 Å². The third-order valence-corrected chi connectivity index (χ3v) is 9.80. The van der Waals surface area contributed by atoms with Gasteiger partial charge in [0.1, 0.15) is 0 Å². The Bertz CT molecular complexity index is 1650. The second-order valence-corrected chi connectivity index (χ2v) is 12.6. The highest BCUT2D eigenvalue weighted by atomic mass is 32.2. The first-order chi connectivity index (χ1) is 19.2. The van der Waals surface area contributed by atoms with Gasteiger partial charge >= 0.3 is 0 Å². The van der Waals surface area contributed by atoms with Crippen molar-refractivity contribution in [3.8, 4) is 0 Å². The molecule has 196 valence electrons. The third kappa shape index (κ3) is 5.78. The Kier molecular flexibility index (Phi) is 8.03. The summed E-state index contributed by atoms with van der Waals surface area (Å²) in [5.41, 5.74) is 6.98. The van der Waals surface area contributed by atoms with Gasteiger partial charge < -0.3 is 0 Å². The van der Waals surface area contributed by atoms with Gasteiger partial charge in [-0.25, -0.2) is 9.97 Å². The van der Waals surface area contributed by atoms with E-state index in [1.165, 1.54) is 74.6 Å². The lowest BCUT2D eigenvalue weighted by atomic mass is 10.1. The fourth-order valence-electron chi connectivity index (χ4n) is 5.33. The second-order valence-electron chi connectivity index (χ2n) is 10.4. The fourth-order valence-corrected chi connectivity index (χ4v) is 7.73. The number of rotatable bonds is 10. The van der Waals surface area contributed by atoms with E-state index in [0.717, 1.165) is 33.6 Å². The molecule has 0 radical (unpaired) electrons. The van der Waals surface area contributed by atoms with Crippen LogP contribution in [-0.2, 0) is 0 Å². The average molecular weight is 547 g/mol. The summed E-state index contributed by atoms with van der Waals surface area (Å²) in [6.07, 6.45) is 6.38. The van der Waals surface area contributed by atoms with E-state index < -0.39 is 0 Å². The van der Waals surface area contributed by atoms with Gasteiger partial charge in [0.05, 0.1) is 22.1 Å². The minimum absolute atomic E-state index is 1.10. The SMILES string of the molecule is Cc1ccc2nc3ccccc3c(SCCCCCCCSc3c4ccccc4nc4ccc(C)cc34)c2c1. The van der Waals surface area contributed by atoms with Crippen LogP contribution >= 0.6 is 23.5 Å². The summed E-state index contributed by atoms with van der Waals surface area (Å²) in [5, 5.41) is 5.15. The van der Waals surface area contributed by atoms with Gasteiger partial charge in [0.15, 0.2) is 0 Å². The van der Waals surface area contributed by atoms with E-state index in [1.807, 2.05) is 23.5 Å². The van der Waals surface area contributed by atoms with Gasteiger partial charge in [-0.1, -0.05) is 78.9 Å². The summed E-state index contributed by atoms with van der Waals surface area (Å²) in [6.45, 7) is 4.34. The van der Waals surface area contributed by atoms with Gasteiger partial charge in [-0.3, -0.25) is 0 Å². The van der Waals surface area contributed by atoms with Crippen LogP contribution in [0.15, 0.2) is 94.7 Å². The molecule has 2 heterocycles. The number of benzene rings is 4. The Labute approximate surface area is 239 Å². The lowest BCUT2D eigenvalue weighted by Gasteiger charge is -2.12. The molecule has 39 heavy (non-hydrogen) atoms. The number of pyridine rings is 2. The molecule has 0 atom stereocenters. The van der Waals surface area contributed by atoms with E-state index in [4.69, 9.17) is 9.97 Å². The van der Waals surface area contributed by atoms with Crippen molar-refractivity contribution in [2.75, 3.05) is 11.5 Å². The van der Waals surface area contributed by atoms with Crippen molar-refractivity contribution >= 4 is 67.1 Å². The highest BCUT2D eigenvalue weighted by Gasteiger charge is 2.11. The molecule has 0 N–H and O–H groups in total. The number of para-hydroxylation sites is 2. The quantitative estimate of drug-likeness (QED) is 0.0969. The molecule has 0 fully saturated rings. The Balaban J connectivity index is 1.02. The number of thioether (sulfide) groups is 2. The van der Waals surface area contributed by atoms with Crippen molar-refractivity contribution < 1.29 is 0 Å². The molecule has 4 heteroatoms. The Morgan fingerprint density at radius 3 is 1.36 bits per heavy atom. The maximum Gasteiger partial charge on any atom is 0.0721 e. The van der Waals surface area contributed by atoms with Crippen molar-refractivity contribution in [2.24, 2.45) is 0 Å². The molecule has 4 aromatic carbocycles. The molecular formula is C35H34N2S2. The van der Waals surface area contributed by atoms with E-state index in [-0.39, 0.29) is 0 Å². The van der Waals surface area contributed by atoms with Crippen molar-refractivity contribution in [1.82, 2.24) is 9.97 Å². The van der Waals surface area contributed by atoms with Crippen molar-refractivity contribution in [2.45, 2.75) is 55.7 Å². The summed E-state index contributed by atoms with van der Waals surface area (Å²) < 4.78 is 0. The van der Waals surface area contributed by atoms with Gasteiger partial charge in [0.2, 0.25) is 0 Å². The summed E-state index contributed by atoms with van der Waals surface area (Å²) in [5.74, 6) is 2.31. The van der Waals surface area contributed by atoms with Crippen LogP contribution in [0.5, 0.6) is 0 Å². The lowest BCUT2D eigenvalue weighted by molar-refractivity contribution is 0.662. The van der Waals surface area contributed by atoms with Crippen LogP contribution in [0.25, 0.3) is 43.6 Å². The first kappa shape index (κ1) is 26.2. The molecule has 2 nitrogen and oxygen atoms in total. The minimum Gasteiger partial charge on any atom is -0.248 e. The summed E-state index contributed by atoms with van der Waals surface area (Å²) in [4.78, 5) is 12.6. The van der Waals surface area contributed by atoms with E-state index in [1.54, 1.807) is 0 Å². The molecule has 0 saturated carbocycles. The van der Waals surface area contributed by atoms with Crippen LogP contribution in [0.2, 0.25) is 0 Å². The second kappa shape index (κ2) is 12.0. The van der Waals surface area contributed by atoms with Gasteiger partial charge in [-0.05, 0) is 74.6 Å². The first-order valence-electron chi connectivity index (χ1n) is 14.0. The van der Waals surface area contributed by atoms with E-state index in [0.29, 0.717) is 0 Å². The normalized spacial score (nSPS) is 11.7. The summed E-state index contributed by atoms with van der Waals surface area (Å²) in [7, 11) is 0. The number of unbranched alkanes of at least 4 members (excludes halogenated alkanes) is 4. The number of aromatic nitrogens is 2. The Morgan fingerprint density at radius 1 is 0.462 bits per heavy atom. The molecular weight excluding hydrogens is 513 g/mol. The largest absolute Gasteiger partial charge is 0.248 e. The lowest BCUT2D eigenvalue weighted by Crippen LogP contribution is -1.91. The van der Waals surface area contributed by atoms with Crippen molar-refractivity contribution in [3.63, 3.8) is 0 Å². The zero-order chi connectivity index (χ0) is 26.6. The number of hydrogen-bond donors (Lipinski definition) is 0. The van der Waals surface area contributed by atoms with Gasteiger partial charge in [-0.2, -0.15) is 0 Å². The molecule has 0 amide bonds. The Morgan fingerprint density at radius 2 is 0.872 bits per heavy atom. The highest BCUT2D eigenvalue weighted by Crippen LogP contribution is 2.36. The number of nitrogens with zero attached hydrogens (tertiary/aromatic N) is 2. The van der Waals surface area contributed by atoms with E-state index in [2.05, 4.69) is 98.8 Å². The first-order valence-corrected chi connectivity index (χ1v) is 16.0. The third-order valence-electron chi connectivity index (χ3n) is 7.35.